The highest BCUT2D eigenvalue weighted by molar-refractivity contribution is 5.76. The largest absolute Gasteiger partial charge is 0.340 e. The lowest BCUT2D eigenvalue weighted by Crippen LogP contribution is -2.48. The van der Waals surface area contributed by atoms with Crippen LogP contribution >= 0.6 is 0 Å². The first-order valence-corrected chi connectivity index (χ1v) is 9.89. The highest BCUT2D eigenvalue weighted by atomic mass is 16.2. The van der Waals surface area contributed by atoms with Gasteiger partial charge in [-0.25, -0.2) is 0 Å². The van der Waals surface area contributed by atoms with Crippen LogP contribution in [0.1, 0.15) is 31.5 Å². The Morgan fingerprint density at radius 3 is 2.55 bits per heavy atom. The summed E-state index contributed by atoms with van der Waals surface area (Å²) in [6.07, 6.45) is 7.81. The third-order valence-corrected chi connectivity index (χ3v) is 5.42. The Balaban J connectivity index is 1.25. The molecule has 0 spiro atoms. The Morgan fingerprint density at radius 1 is 1.10 bits per heavy atom. The average Bonchev–Trinajstić information content (AvgIpc) is 3.39. The summed E-state index contributed by atoms with van der Waals surface area (Å²) in [7, 11) is 0. The van der Waals surface area contributed by atoms with Gasteiger partial charge in [0.25, 0.3) is 0 Å². The number of aromatic nitrogens is 4. The van der Waals surface area contributed by atoms with E-state index in [0.29, 0.717) is 38.9 Å². The number of rotatable bonds is 8. The van der Waals surface area contributed by atoms with Gasteiger partial charge in [0.1, 0.15) is 0 Å². The van der Waals surface area contributed by atoms with Gasteiger partial charge >= 0.3 is 0 Å². The number of piperazine rings is 1. The summed E-state index contributed by atoms with van der Waals surface area (Å²) in [4.78, 5) is 16.8. The Morgan fingerprint density at radius 2 is 1.86 bits per heavy atom. The molecule has 1 aromatic carbocycles. The van der Waals surface area contributed by atoms with Crippen molar-refractivity contribution in [3.8, 4) is 18.0 Å². The van der Waals surface area contributed by atoms with E-state index >= 15 is 0 Å². The maximum absolute atomic E-state index is 12.6. The van der Waals surface area contributed by atoms with Crippen molar-refractivity contribution in [1.29, 1.82) is 0 Å². The molecule has 2 aliphatic heterocycles. The van der Waals surface area contributed by atoms with Crippen LogP contribution in [0.5, 0.6) is 0 Å². The molecule has 2 aromatic rings. The monoisotopic (exact) mass is 392 g/mol. The molecule has 0 aliphatic carbocycles. The third kappa shape index (κ3) is 4.66. The predicted octanol–water partition coefficient (Wildman–Crippen LogP) is 1.66. The van der Waals surface area contributed by atoms with Gasteiger partial charge in [0.15, 0.2) is 11.5 Å². The van der Waals surface area contributed by atoms with Gasteiger partial charge in [-0.05, 0) is 22.6 Å². The second-order valence-electron chi connectivity index (χ2n) is 7.39. The van der Waals surface area contributed by atoms with Crippen molar-refractivity contribution in [2.45, 2.75) is 37.9 Å². The number of nitrogens with zero attached hydrogens (tertiary/aromatic N) is 8. The first-order valence-electron chi connectivity index (χ1n) is 9.89. The summed E-state index contributed by atoms with van der Waals surface area (Å²) in [5.41, 5.74) is 0.550. The number of benzene rings is 1. The lowest BCUT2D eigenvalue weighted by Gasteiger charge is -2.34. The fourth-order valence-electron chi connectivity index (χ4n) is 3.56. The summed E-state index contributed by atoms with van der Waals surface area (Å²) in [5, 5.41) is 20.3. The van der Waals surface area contributed by atoms with Gasteiger partial charge in [-0.1, -0.05) is 18.2 Å². The molecular weight excluding hydrogens is 368 g/mol. The fraction of sp³-hybridized carbons (Fsp3) is 0.500. The molecular formula is C20H24N8O. The van der Waals surface area contributed by atoms with Crippen molar-refractivity contribution >= 4 is 5.91 Å². The van der Waals surface area contributed by atoms with Crippen molar-refractivity contribution in [2.24, 2.45) is 10.2 Å². The number of hydrogen-bond acceptors (Lipinski definition) is 7. The fourth-order valence-corrected chi connectivity index (χ4v) is 3.56. The number of terminal acetylenes is 1. The van der Waals surface area contributed by atoms with E-state index in [9.17, 15) is 4.79 Å². The second kappa shape index (κ2) is 8.49. The minimum Gasteiger partial charge on any atom is -0.340 e. The number of amides is 1. The molecule has 9 heteroatoms. The number of hydrogen-bond donors (Lipinski definition) is 0. The Hall–Kier alpha value is -3.12. The number of para-hydroxylation sites is 1. The van der Waals surface area contributed by atoms with Crippen LogP contribution in [0.3, 0.4) is 0 Å². The summed E-state index contributed by atoms with van der Waals surface area (Å²) >= 11 is 0. The molecule has 1 saturated heterocycles. The molecule has 4 rings (SSSR count). The lowest BCUT2D eigenvalue weighted by atomic mass is 10.0. The zero-order chi connectivity index (χ0) is 20.1. The van der Waals surface area contributed by atoms with E-state index < -0.39 is 5.66 Å². The molecule has 0 N–H and O–H groups in total. The maximum atomic E-state index is 12.6. The molecule has 1 amide bonds. The number of carbonyl (C=O) groups excluding carboxylic acids is 1. The highest BCUT2D eigenvalue weighted by Gasteiger charge is 2.39. The summed E-state index contributed by atoms with van der Waals surface area (Å²) in [6.45, 7) is 3.65. The SMILES string of the molecule is C#CCCC1(CCC(=O)N2CCN(Cc3nnnn3-c3ccccc3)CC2)N=N1. The maximum Gasteiger partial charge on any atom is 0.222 e. The molecule has 150 valence electrons. The molecule has 29 heavy (non-hydrogen) atoms. The van der Waals surface area contributed by atoms with Crippen LogP contribution in [0, 0.1) is 12.3 Å². The minimum absolute atomic E-state index is 0.163. The molecule has 1 aromatic heterocycles. The summed E-state index contributed by atoms with van der Waals surface area (Å²) < 4.78 is 1.76. The van der Waals surface area contributed by atoms with Crippen LogP contribution in [0.15, 0.2) is 40.6 Å². The van der Waals surface area contributed by atoms with Crippen LogP contribution in [-0.2, 0) is 11.3 Å². The van der Waals surface area contributed by atoms with Crippen LogP contribution in [-0.4, -0.2) is 67.8 Å². The van der Waals surface area contributed by atoms with E-state index in [1.807, 2.05) is 35.2 Å². The van der Waals surface area contributed by atoms with Gasteiger partial charge in [0, 0.05) is 51.9 Å². The van der Waals surface area contributed by atoms with Gasteiger partial charge in [-0.3, -0.25) is 9.69 Å². The molecule has 0 bridgehead atoms. The van der Waals surface area contributed by atoms with E-state index in [2.05, 4.69) is 36.6 Å². The first-order chi connectivity index (χ1) is 14.2. The minimum atomic E-state index is -0.391. The summed E-state index contributed by atoms with van der Waals surface area (Å²) in [6, 6.07) is 9.84. The van der Waals surface area contributed by atoms with Gasteiger partial charge in [-0.2, -0.15) is 14.9 Å². The van der Waals surface area contributed by atoms with Crippen molar-refractivity contribution < 1.29 is 4.79 Å². The summed E-state index contributed by atoms with van der Waals surface area (Å²) in [5.74, 6) is 3.57. The molecule has 0 saturated carbocycles. The molecule has 0 atom stereocenters. The van der Waals surface area contributed by atoms with Gasteiger partial charge in [-0.15, -0.1) is 17.4 Å². The van der Waals surface area contributed by atoms with Gasteiger partial charge < -0.3 is 4.90 Å². The lowest BCUT2D eigenvalue weighted by molar-refractivity contribution is -0.133. The van der Waals surface area contributed by atoms with Crippen LogP contribution in [0.25, 0.3) is 5.69 Å². The second-order valence-corrected chi connectivity index (χ2v) is 7.39. The van der Waals surface area contributed by atoms with Gasteiger partial charge in [0.2, 0.25) is 5.91 Å². The molecule has 0 radical (unpaired) electrons. The van der Waals surface area contributed by atoms with Crippen LogP contribution in [0.4, 0.5) is 0 Å². The van der Waals surface area contributed by atoms with Crippen molar-refractivity contribution in [3.05, 3.63) is 36.2 Å². The average molecular weight is 392 g/mol. The molecule has 1 fully saturated rings. The van der Waals surface area contributed by atoms with E-state index in [4.69, 9.17) is 6.42 Å². The normalized spacial score (nSPS) is 17.8. The smallest absolute Gasteiger partial charge is 0.222 e. The topological polar surface area (TPSA) is 91.9 Å². The zero-order valence-electron chi connectivity index (χ0n) is 16.3. The van der Waals surface area contributed by atoms with E-state index in [0.717, 1.165) is 31.0 Å². The van der Waals surface area contributed by atoms with Crippen LogP contribution in [0.2, 0.25) is 0 Å². The first kappa shape index (κ1) is 19.2. The van der Waals surface area contributed by atoms with Crippen molar-refractivity contribution in [1.82, 2.24) is 30.0 Å². The number of tetrazole rings is 1. The van der Waals surface area contributed by atoms with Gasteiger partial charge in [0.05, 0.1) is 12.2 Å². The molecule has 9 nitrogen and oxygen atoms in total. The molecule has 2 aliphatic rings. The van der Waals surface area contributed by atoms with E-state index in [-0.39, 0.29) is 5.91 Å². The van der Waals surface area contributed by atoms with E-state index in [1.165, 1.54) is 0 Å². The Bertz CT molecular complexity index is 902. The predicted molar refractivity (Wildman–Crippen MR) is 106 cm³/mol. The Labute approximate surface area is 169 Å². The van der Waals surface area contributed by atoms with Crippen molar-refractivity contribution in [2.75, 3.05) is 26.2 Å². The standard InChI is InChI=1S/C20H24N8O/c1-2-3-10-20(22-23-20)11-9-19(29)27-14-12-26(13-15-27)16-18-21-24-25-28(18)17-7-5-4-6-8-17/h1,4-8H,3,9-16H2. The third-order valence-electron chi connectivity index (χ3n) is 5.42. The quantitative estimate of drug-likeness (QED) is 0.637. The number of carbonyl (C=O) groups is 1. The molecule has 3 heterocycles. The highest BCUT2D eigenvalue weighted by Crippen LogP contribution is 2.37. The van der Waals surface area contributed by atoms with Crippen LogP contribution < -0.4 is 0 Å². The van der Waals surface area contributed by atoms with E-state index in [1.54, 1.807) is 4.68 Å². The molecule has 0 unspecified atom stereocenters. The zero-order valence-corrected chi connectivity index (χ0v) is 16.3. The Kier molecular flexibility index (Phi) is 5.62. The van der Waals surface area contributed by atoms with Crippen molar-refractivity contribution in [3.63, 3.8) is 0 Å².